The first-order chi connectivity index (χ1) is 13.5. The van der Waals surface area contributed by atoms with Crippen molar-refractivity contribution in [3.8, 4) is 0 Å². The highest BCUT2D eigenvalue weighted by atomic mass is 32.1. The molecule has 10 heteroatoms. The molecule has 0 spiro atoms. The lowest BCUT2D eigenvalue weighted by Gasteiger charge is -2.26. The number of rotatable bonds is 3. The van der Waals surface area contributed by atoms with Crippen molar-refractivity contribution in [2.45, 2.75) is 19.9 Å². The number of carbonyl (C=O) groups is 2. The Kier molecular flexibility index (Phi) is 4.78. The molecule has 144 valence electrons. The Morgan fingerprint density at radius 2 is 2.04 bits per heavy atom. The first-order valence-corrected chi connectivity index (χ1v) is 9.34. The van der Waals surface area contributed by atoms with Crippen molar-refractivity contribution in [2.75, 3.05) is 17.2 Å². The highest BCUT2D eigenvalue weighted by Crippen LogP contribution is 2.29. The molecule has 0 atom stereocenters. The van der Waals surface area contributed by atoms with Gasteiger partial charge in [0.25, 0.3) is 5.91 Å². The van der Waals surface area contributed by atoms with E-state index in [-0.39, 0.29) is 17.5 Å². The molecule has 28 heavy (non-hydrogen) atoms. The highest BCUT2D eigenvalue weighted by Gasteiger charge is 2.25. The topological polar surface area (TPSA) is 100 Å². The third-order valence-corrected chi connectivity index (χ3v) is 5.19. The van der Waals surface area contributed by atoms with Crippen LogP contribution in [0.4, 0.5) is 20.0 Å². The predicted molar refractivity (Wildman–Crippen MR) is 101 cm³/mol. The largest absolute Gasteiger partial charge is 0.361 e. The van der Waals surface area contributed by atoms with Gasteiger partial charge in [0, 0.05) is 29.6 Å². The summed E-state index contributed by atoms with van der Waals surface area (Å²) in [6.45, 7) is 2.59. The van der Waals surface area contributed by atoms with Gasteiger partial charge in [-0.15, -0.1) is 0 Å². The first kappa shape index (κ1) is 18.1. The average Bonchev–Trinajstić information content (AvgIpc) is 3.28. The van der Waals surface area contributed by atoms with Crippen molar-refractivity contribution in [2.24, 2.45) is 0 Å². The third-order valence-electron chi connectivity index (χ3n) is 4.20. The fourth-order valence-corrected chi connectivity index (χ4v) is 3.81. The molecule has 1 aliphatic rings. The standard InChI is InChI=1S/C18H16FN5O3S/c1-10-8-14(23-27-10)16(25)22-17-21-13-6-7-24(9-15(13)28-17)18(26)20-12-4-2-11(19)3-5-12/h2-5,8H,6-7,9H2,1H3,(H,20,26)(H,21,22,25). The molecular weight excluding hydrogens is 385 g/mol. The van der Waals surface area contributed by atoms with E-state index in [0.717, 1.165) is 10.6 Å². The quantitative estimate of drug-likeness (QED) is 0.700. The Bertz CT molecular complexity index is 1030. The van der Waals surface area contributed by atoms with Crippen LogP contribution in [0.2, 0.25) is 0 Å². The lowest BCUT2D eigenvalue weighted by molar-refractivity contribution is 0.101. The number of halogens is 1. The molecule has 0 saturated carbocycles. The lowest BCUT2D eigenvalue weighted by atomic mass is 10.2. The summed E-state index contributed by atoms with van der Waals surface area (Å²) in [5.41, 5.74) is 1.57. The van der Waals surface area contributed by atoms with Crippen molar-refractivity contribution in [3.63, 3.8) is 0 Å². The van der Waals surface area contributed by atoms with E-state index in [2.05, 4.69) is 20.8 Å². The van der Waals surface area contributed by atoms with Crippen LogP contribution in [0.5, 0.6) is 0 Å². The number of urea groups is 1. The molecule has 0 saturated heterocycles. The summed E-state index contributed by atoms with van der Waals surface area (Å²) in [6.07, 6.45) is 0.585. The number of aromatic nitrogens is 2. The molecular formula is C18H16FN5O3S. The minimum absolute atomic E-state index is 0.186. The van der Waals surface area contributed by atoms with Gasteiger partial charge in [0.2, 0.25) is 0 Å². The van der Waals surface area contributed by atoms with Crippen molar-refractivity contribution in [1.82, 2.24) is 15.0 Å². The predicted octanol–water partition coefficient (Wildman–Crippen LogP) is 3.42. The molecule has 0 unspecified atom stereocenters. The van der Waals surface area contributed by atoms with E-state index in [1.54, 1.807) is 17.9 Å². The molecule has 0 aliphatic carbocycles. The SMILES string of the molecule is Cc1cc(C(=O)Nc2nc3c(s2)CN(C(=O)Nc2ccc(F)cc2)CC3)no1. The van der Waals surface area contributed by atoms with E-state index >= 15 is 0 Å². The number of fused-ring (bicyclic) bond motifs is 1. The summed E-state index contributed by atoms with van der Waals surface area (Å²) in [5, 5.41) is 9.59. The fourth-order valence-electron chi connectivity index (χ4n) is 2.79. The maximum atomic E-state index is 13.0. The number of nitrogens with one attached hydrogen (secondary N) is 2. The zero-order chi connectivity index (χ0) is 19.7. The van der Waals surface area contributed by atoms with E-state index in [0.29, 0.717) is 36.1 Å². The van der Waals surface area contributed by atoms with Crippen LogP contribution in [-0.2, 0) is 13.0 Å². The van der Waals surface area contributed by atoms with Crippen LogP contribution >= 0.6 is 11.3 Å². The number of benzene rings is 1. The number of hydrogen-bond donors (Lipinski definition) is 2. The Balaban J connectivity index is 1.40. The van der Waals surface area contributed by atoms with Crippen molar-refractivity contribution >= 4 is 34.1 Å². The van der Waals surface area contributed by atoms with Crippen LogP contribution < -0.4 is 10.6 Å². The van der Waals surface area contributed by atoms with Crippen LogP contribution in [0, 0.1) is 12.7 Å². The molecule has 0 radical (unpaired) electrons. The van der Waals surface area contributed by atoms with Crippen LogP contribution in [0.3, 0.4) is 0 Å². The lowest BCUT2D eigenvalue weighted by Crippen LogP contribution is -2.38. The van der Waals surface area contributed by atoms with Gasteiger partial charge >= 0.3 is 6.03 Å². The average molecular weight is 401 g/mol. The first-order valence-electron chi connectivity index (χ1n) is 8.52. The van der Waals surface area contributed by atoms with Crippen LogP contribution in [0.25, 0.3) is 0 Å². The Hall–Kier alpha value is -3.27. The number of aryl methyl sites for hydroxylation is 1. The van der Waals surface area contributed by atoms with Gasteiger partial charge < -0.3 is 14.7 Å². The number of nitrogens with zero attached hydrogens (tertiary/aromatic N) is 3. The number of thiazole rings is 1. The summed E-state index contributed by atoms with van der Waals surface area (Å²) < 4.78 is 17.9. The van der Waals surface area contributed by atoms with Crippen molar-refractivity contribution in [3.05, 3.63) is 58.2 Å². The molecule has 8 nitrogen and oxygen atoms in total. The van der Waals surface area contributed by atoms with Gasteiger partial charge in [0.15, 0.2) is 10.8 Å². The Morgan fingerprint density at radius 1 is 1.25 bits per heavy atom. The third kappa shape index (κ3) is 3.86. The molecule has 3 amide bonds. The Labute approximate surface area is 163 Å². The smallest absolute Gasteiger partial charge is 0.322 e. The fraction of sp³-hybridized carbons (Fsp3) is 0.222. The van der Waals surface area contributed by atoms with Gasteiger partial charge in [0.1, 0.15) is 11.6 Å². The minimum Gasteiger partial charge on any atom is -0.361 e. The molecule has 2 N–H and O–H groups in total. The maximum absolute atomic E-state index is 13.0. The minimum atomic E-state index is -0.395. The molecule has 4 rings (SSSR count). The summed E-state index contributed by atoms with van der Waals surface area (Å²) in [6, 6.07) is 6.87. The zero-order valence-corrected chi connectivity index (χ0v) is 15.7. The zero-order valence-electron chi connectivity index (χ0n) is 14.9. The van der Waals surface area contributed by atoms with Crippen LogP contribution in [0.1, 0.15) is 26.8 Å². The summed E-state index contributed by atoms with van der Waals surface area (Å²) in [5.74, 6) is -0.208. The van der Waals surface area contributed by atoms with E-state index < -0.39 is 5.91 Å². The highest BCUT2D eigenvalue weighted by molar-refractivity contribution is 7.15. The van der Waals surface area contributed by atoms with E-state index in [4.69, 9.17) is 4.52 Å². The number of amides is 3. The van der Waals surface area contributed by atoms with Gasteiger partial charge in [-0.3, -0.25) is 10.1 Å². The summed E-state index contributed by atoms with van der Waals surface area (Å²) in [4.78, 5) is 31.6. The molecule has 3 heterocycles. The van der Waals surface area contributed by atoms with Gasteiger partial charge in [-0.2, -0.15) is 0 Å². The number of anilines is 2. The molecule has 1 aliphatic heterocycles. The summed E-state index contributed by atoms with van der Waals surface area (Å²) >= 11 is 1.32. The second kappa shape index (κ2) is 7.39. The van der Waals surface area contributed by atoms with E-state index in [1.165, 1.54) is 35.6 Å². The van der Waals surface area contributed by atoms with Crippen molar-refractivity contribution < 1.29 is 18.5 Å². The van der Waals surface area contributed by atoms with Gasteiger partial charge in [-0.05, 0) is 31.2 Å². The van der Waals surface area contributed by atoms with E-state index in [1.807, 2.05) is 0 Å². The number of carbonyl (C=O) groups excluding carboxylic acids is 2. The molecule has 1 aromatic carbocycles. The normalized spacial score (nSPS) is 13.1. The van der Waals surface area contributed by atoms with Crippen LogP contribution in [0.15, 0.2) is 34.9 Å². The van der Waals surface area contributed by atoms with E-state index in [9.17, 15) is 14.0 Å². The van der Waals surface area contributed by atoms with Crippen molar-refractivity contribution in [1.29, 1.82) is 0 Å². The molecule has 2 aromatic heterocycles. The Morgan fingerprint density at radius 3 is 2.75 bits per heavy atom. The van der Waals surface area contributed by atoms with Gasteiger partial charge in [-0.25, -0.2) is 14.2 Å². The molecule has 0 bridgehead atoms. The van der Waals surface area contributed by atoms with Gasteiger partial charge in [0.05, 0.1) is 12.2 Å². The molecule has 3 aromatic rings. The number of hydrogen-bond acceptors (Lipinski definition) is 6. The summed E-state index contributed by atoms with van der Waals surface area (Å²) in [7, 11) is 0. The van der Waals surface area contributed by atoms with Gasteiger partial charge in [-0.1, -0.05) is 16.5 Å². The second-order valence-electron chi connectivity index (χ2n) is 6.27. The molecule has 0 fully saturated rings. The monoisotopic (exact) mass is 401 g/mol. The van der Waals surface area contributed by atoms with Crippen LogP contribution in [-0.4, -0.2) is 33.5 Å². The second-order valence-corrected chi connectivity index (χ2v) is 7.36. The maximum Gasteiger partial charge on any atom is 0.322 e.